The van der Waals surface area contributed by atoms with Crippen LogP contribution in [-0.4, -0.2) is 66.0 Å². The number of nitrogens with zero attached hydrogens (tertiary/aromatic N) is 2. The van der Waals surface area contributed by atoms with Crippen LogP contribution < -0.4 is 0 Å². The first kappa shape index (κ1) is 7.31. The van der Waals surface area contributed by atoms with Gasteiger partial charge in [0.25, 0.3) is 0 Å². The minimum absolute atomic E-state index is 0.0921. The average molecular weight is 594 g/mol. The first-order chi connectivity index (χ1) is 35.8. The molecule has 0 bridgehead atoms. The molecule has 6 nitrogen and oxygen atoms in total. The van der Waals surface area contributed by atoms with Crippen molar-refractivity contribution in [3.05, 3.63) is 70.6 Å². The lowest BCUT2D eigenvalue weighted by molar-refractivity contribution is -0.139. The fourth-order valence-corrected chi connectivity index (χ4v) is 2.32. The molecule has 40 heavy (non-hydrogen) atoms. The van der Waals surface area contributed by atoms with Crippen LogP contribution in [0.25, 0.3) is 0 Å². The van der Waals surface area contributed by atoms with Crippen molar-refractivity contribution in [3.63, 3.8) is 0 Å². The summed E-state index contributed by atoms with van der Waals surface area (Å²) in [7, 11) is 0. The zero-order chi connectivity index (χ0) is 67.3. The number of carbonyl (C=O) groups is 3. The van der Waals surface area contributed by atoms with Gasteiger partial charge in [-0.25, -0.2) is 0 Å². The molecule has 2 aliphatic carbocycles. The van der Waals surface area contributed by atoms with E-state index in [1.165, 1.54) is 6.92 Å². The van der Waals surface area contributed by atoms with E-state index in [-0.39, 0.29) is 5.56 Å². The van der Waals surface area contributed by atoms with E-state index in [0.717, 1.165) is 6.92 Å². The number of benzene rings is 2. The Morgan fingerprint density at radius 3 is 1.93 bits per heavy atom. The summed E-state index contributed by atoms with van der Waals surface area (Å²) in [6, 6.07) is -8.18. The number of likely N-dealkylation sites (N-methyl/N-ethyl adjacent to an activating group) is 2. The first-order valence-corrected chi connectivity index (χ1v) is 10.4. The molecular weight excluding hydrogens is 500 g/mol. The largest absolute Gasteiger partial charge is 0.389 e. The van der Waals surface area contributed by atoms with Crippen LogP contribution >= 0.6 is 0 Å². The highest BCUT2D eigenvalue weighted by atomic mass is 16.3. The molecule has 0 aliphatic heterocycles. The molecular formula is C34H50N2O4. The third kappa shape index (κ3) is 10.9. The molecule has 2 amide bonds. The van der Waals surface area contributed by atoms with Gasteiger partial charge in [0.05, 0.1) is 28.8 Å². The summed E-state index contributed by atoms with van der Waals surface area (Å²) >= 11 is 0. The van der Waals surface area contributed by atoms with E-state index < -0.39 is 202 Å². The average Bonchev–Trinajstić information content (AvgIpc) is 3.27. The lowest BCUT2D eigenvalue weighted by atomic mass is 9.72. The van der Waals surface area contributed by atoms with Crippen molar-refractivity contribution in [1.29, 1.82) is 0 Å². The minimum atomic E-state index is -5.00. The van der Waals surface area contributed by atoms with Crippen molar-refractivity contribution < 1.29 is 78.4 Å². The summed E-state index contributed by atoms with van der Waals surface area (Å²) in [5.41, 5.74) is -8.41. The van der Waals surface area contributed by atoms with Gasteiger partial charge >= 0.3 is 0 Å². The second-order valence-electron chi connectivity index (χ2n) is 7.07. The van der Waals surface area contributed by atoms with Crippen molar-refractivity contribution in [2.24, 2.45) is 0 Å². The van der Waals surface area contributed by atoms with Gasteiger partial charge in [0.2, 0.25) is 11.8 Å². The second-order valence-corrected chi connectivity index (χ2v) is 7.07. The Kier molecular flexibility index (Phi) is 2.98. The molecule has 4 rings (SSSR count). The molecule has 2 aromatic rings. The Morgan fingerprint density at radius 1 is 0.900 bits per heavy atom. The number of amides is 2. The number of hydrogen-bond acceptors (Lipinski definition) is 4. The molecule has 2 aromatic carbocycles. The van der Waals surface area contributed by atoms with Gasteiger partial charge in [-0.1, -0.05) is 85.0 Å². The summed E-state index contributed by atoms with van der Waals surface area (Å²) < 4.78 is 332. The van der Waals surface area contributed by atoms with Crippen LogP contribution in [0.4, 0.5) is 0 Å². The number of Topliss-reactive ketones (excluding diaryl/α,β-unsaturated/α-hetero) is 1. The Bertz CT molecular complexity index is 2760. The third-order valence-electron chi connectivity index (χ3n) is 4.05. The van der Waals surface area contributed by atoms with E-state index in [1.807, 2.05) is 0 Å². The molecule has 0 spiro atoms. The molecule has 0 aromatic heterocycles. The zero-order valence-electron chi connectivity index (χ0n) is 63.6. The summed E-state index contributed by atoms with van der Waals surface area (Å²) in [6.07, 6.45) is -43.0. The van der Waals surface area contributed by atoms with Crippen LogP contribution in [0, 0.1) is 13.8 Å². The van der Waals surface area contributed by atoms with Crippen LogP contribution in [0.5, 0.6) is 0 Å². The maximum atomic E-state index is 14.0. The van der Waals surface area contributed by atoms with E-state index in [9.17, 15) is 19.5 Å². The van der Waals surface area contributed by atoms with E-state index in [0.29, 0.717) is 0 Å². The monoisotopic (exact) mass is 594 g/mol. The van der Waals surface area contributed by atoms with Gasteiger partial charge in [-0.3, -0.25) is 14.4 Å². The Morgan fingerprint density at radius 2 is 1.40 bits per heavy atom. The van der Waals surface area contributed by atoms with Gasteiger partial charge in [0.1, 0.15) is 5.78 Å². The minimum Gasteiger partial charge on any atom is -0.389 e. The summed E-state index contributed by atoms with van der Waals surface area (Å²) in [5, 5.41) is 12.0. The molecule has 0 heterocycles. The molecule has 1 atom stereocenters. The van der Waals surface area contributed by atoms with Gasteiger partial charge in [0, 0.05) is 88.6 Å². The smallest absolute Gasteiger partial charge is 0.232 e. The second kappa shape index (κ2) is 16.3. The predicted molar refractivity (Wildman–Crippen MR) is 162 cm³/mol. The molecule has 0 radical (unpaired) electrons. The molecule has 2 saturated carbocycles. The van der Waals surface area contributed by atoms with Gasteiger partial charge in [-0.2, -0.15) is 0 Å². The molecule has 1 N–H and O–H groups in total. The van der Waals surface area contributed by atoms with E-state index in [1.54, 1.807) is 0 Å². The maximum Gasteiger partial charge on any atom is 0.232 e. The standard InChI is InChI=1S/C17H25NO2.C11H15NO.C6H10O/c1-13-7-9-14(10-8-13)15(16(19)18(2)3)17(20)11-5-4-6-12-17;1-9-4-6-10(7-5-9)8-11(13)12(2)3;7-6-4-2-1-3-5-6/h7-10,15,20H,4-6,11-12H2,1-3H3;4-7H,8H2,1-3H3;1-5H2/i2D3,3D3,4D2,5D2,6D2,7D,8D,9D,10D,11D2,12D2,15D;2D3,3D3,4D,5D,6D,7D,8D2;1D2,2D2,3D2,4D2,5D2. The van der Waals surface area contributed by atoms with Crippen molar-refractivity contribution in [1.82, 2.24) is 9.80 Å². The fourth-order valence-electron chi connectivity index (χ4n) is 2.32. The lowest BCUT2D eigenvalue weighted by Crippen LogP contribution is -2.46. The number of carbonyl (C=O) groups excluding carboxylic acids is 3. The van der Waals surface area contributed by atoms with Crippen molar-refractivity contribution in [3.8, 4) is 0 Å². The maximum absolute atomic E-state index is 14.0. The van der Waals surface area contributed by atoms with E-state index >= 15 is 0 Å². The number of rotatable bonds is 5. The van der Waals surface area contributed by atoms with Crippen molar-refractivity contribution in [2.75, 3.05) is 27.9 Å². The third-order valence-corrected chi connectivity index (χ3v) is 4.05. The van der Waals surface area contributed by atoms with Crippen LogP contribution in [0.15, 0.2) is 48.3 Å². The van der Waals surface area contributed by atoms with Crippen LogP contribution in [0.3, 0.4) is 0 Å². The molecule has 220 valence electrons. The zero-order valence-corrected chi connectivity index (χ0v) is 20.6. The normalized spacial score (nSPS) is 47.6. The highest BCUT2D eigenvalue weighted by Gasteiger charge is 2.43. The van der Waals surface area contributed by atoms with E-state index in [2.05, 4.69) is 0 Å². The Labute approximate surface area is 302 Å². The number of aliphatic hydroxyl groups is 1. The lowest BCUT2D eigenvalue weighted by Gasteiger charge is -2.39. The van der Waals surface area contributed by atoms with E-state index in [4.69, 9.17) is 58.9 Å². The van der Waals surface area contributed by atoms with Gasteiger partial charge in [0.15, 0.2) is 0 Å². The summed E-state index contributed by atoms with van der Waals surface area (Å²) in [4.78, 5) is 36.2. The molecule has 0 saturated heterocycles. The fraction of sp³-hybridized carbons (Fsp3) is 0.559. The number of hydrogen-bond donors (Lipinski definition) is 1. The van der Waals surface area contributed by atoms with Gasteiger partial charge in [-0.05, 0) is 50.5 Å². The summed E-state index contributed by atoms with van der Waals surface area (Å²) in [5.74, 6) is -11.5. The first-order valence-electron chi connectivity index (χ1n) is 31.9. The van der Waals surface area contributed by atoms with Crippen LogP contribution in [0.2, 0.25) is 0 Å². The molecule has 2 aliphatic rings. The van der Waals surface area contributed by atoms with Gasteiger partial charge < -0.3 is 14.9 Å². The molecule has 6 heteroatoms. The predicted octanol–water partition coefficient (Wildman–Crippen LogP) is 6.01. The Balaban J connectivity index is 0.000000473. The van der Waals surface area contributed by atoms with Crippen LogP contribution in [-0.2, 0) is 20.8 Å². The summed E-state index contributed by atoms with van der Waals surface area (Å²) in [6.45, 7) is -13.0. The SMILES string of the molecule is [2H]C1([2H])C(=O)C([2H])([2H])C([2H])([2H])C([2H])([2H])C1([2H])[2H].[2H]c1c([2H])c(C([2H])(C(=O)N(C([2H])([2H])[2H])C([2H])([2H])[2H])C2(O)C([2H])([2H])C([2H])([2H])C([2H])([2H])C([2H])([2H])C2([2H])[2H])c([2H])c([2H])c1C.[2H]c1c([2H])c(C([2H])([2H])C(=O)N(C([2H])([2H])[2H])C([2H])([2H])[2H])c([2H])c([2H])c1C. The van der Waals surface area contributed by atoms with Crippen LogP contribution in [0.1, 0.15) is 151 Å². The topological polar surface area (TPSA) is 77.9 Å². The highest BCUT2D eigenvalue weighted by molar-refractivity contribution is 5.85. The quantitative estimate of drug-likeness (QED) is 0.461. The van der Waals surface area contributed by atoms with Crippen molar-refractivity contribution >= 4 is 17.6 Å². The molecule has 2 fully saturated rings. The molecule has 1 unspecified atom stereocenters. The highest BCUT2D eigenvalue weighted by Crippen LogP contribution is 2.40. The van der Waals surface area contributed by atoms with Crippen molar-refractivity contribution in [2.45, 2.75) is 95.4 Å². The Hall–Kier alpha value is -2.99. The van der Waals surface area contributed by atoms with Gasteiger partial charge in [-0.15, -0.1) is 0 Å². The number of ketones is 1.